The lowest BCUT2D eigenvalue weighted by Gasteiger charge is -2.10. The van der Waals surface area contributed by atoms with Gasteiger partial charge in [0.15, 0.2) is 0 Å². The van der Waals surface area contributed by atoms with Crippen molar-refractivity contribution in [1.82, 2.24) is 4.98 Å². The molecule has 5 nitrogen and oxygen atoms in total. The molecule has 0 amide bonds. The fourth-order valence-corrected chi connectivity index (χ4v) is 2.70. The predicted octanol–water partition coefficient (Wildman–Crippen LogP) is 4.75. The van der Waals surface area contributed by atoms with Crippen LogP contribution in [0.2, 0.25) is 5.02 Å². The Hall–Kier alpha value is -2.66. The number of benzene rings is 2. The van der Waals surface area contributed by atoms with Crippen molar-refractivity contribution >= 4 is 39.8 Å². The zero-order valence-corrected chi connectivity index (χ0v) is 14.1. The van der Waals surface area contributed by atoms with E-state index in [1.54, 1.807) is 26.2 Å². The molecule has 0 unspecified atom stereocenters. The Morgan fingerprint density at radius 1 is 1.25 bits per heavy atom. The molecule has 2 aromatic carbocycles. The zero-order chi connectivity index (χ0) is 17.1. The molecule has 0 aliphatic carbocycles. The van der Waals surface area contributed by atoms with E-state index in [0.29, 0.717) is 17.3 Å². The van der Waals surface area contributed by atoms with E-state index in [1.807, 2.05) is 30.3 Å². The van der Waals surface area contributed by atoms with Crippen LogP contribution in [-0.2, 0) is 4.74 Å². The molecule has 1 aromatic heterocycles. The summed E-state index contributed by atoms with van der Waals surface area (Å²) >= 11 is 6.20. The Morgan fingerprint density at radius 2 is 2.08 bits per heavy atom. The molecule has 0 bridgehead atoms. The molecule has 0 aliphatic heterocycles. The molecular weight excluding hydrogens is 328 g/mol. The first-order valence-corrected chi connectivity index (χ1v) is 7.89. The number of hydrogen-bond acceptors (Lipinski definition) is 4. The number of aromatic nitrogens is 1. The van der Waals surface area contributed by atoms with Crippen LogP contribution >= 0.6 is 11.6 Å². The number of carbonyl (C=O) groups excluding carboxylic acids is 1. The number of rotatable bonds is 5. The number of aromatic amines is 1. The van der Waals surface area contributed by atoms with E-state index < -0.39 is 5.97 Å². The number of H-pyrrole nitrogens is 1. The number of methoxy groups -OCH3 is 1. The van der Waals surface area contributed by atoms with Crippen molar-refractivity contribution in [3.05, 3.63) is 53.2 Å². The van der Waals surface area contributed by atoms with Crippen LogP contribution in [0.3, 0.4) is 0 Å². The Kier molecular flexibility index (Phi) is 4.62. The molecule has 0 saturated heterocycles. The second-order valence-electron chi connectivity index (χ2n) is 5.18. The van der Waals surface area contributed by atoms with Crippen LogP contribution in [0.15, 0.2) is 42.5 Å². The van der Waals surface area contributed by atoms with Gasteiger partial charge < -0.3 is 19.8 Å². The van der Waals surface area contributed by atoms with Gasteiger partial charge in [0.2, 0.25) is 0 Å². The van der Waals surface area contributed by atoms with Gasteiger partial charge in [0.25, 0.3) is 0 Å². The number of fused-ring (bicyclic) bond motifs is 1. The number of halogens is 1. The van der Waals surface area contributed by atoms with Gasteiger partial charge >= 0.3 is 5.97 Å². The highest BCUT2D eigenvalue weighted by Gasteiger charge is 2.13. The van der Waals surface area contributed by atoms with E-state index in [9.17, 15) is 4.79 Å². The molecule has 0 aliphatic rings. The van der Waals surface area contributed by atoms with Gasteiger partial charge in [0.1, 0.15) is 11.4 Å². The molecule has 0 fully saturated rings. The van der Waals surface area contributed by atoms with Gasteiger partial charge in [-0.1, -0.05) is 17.7 Å². The lowest BCUT2D eigenvalue weighted by atomic mass is 10.2. The van der Waals surface area contributed by atoms with Crippen molar-refractivity contribution in [1.29, 1.82) is 0 Å². The molecule has 0 saturated carbocycles. The van der Waals surface area contributed by atoms with E-state index >= 15 is 0 Å². The maximum atomic E-state index is 11.9. The van der Waals surface area contributed by atoms with Crippen molar-refractivity contribution in [2.45, 2.75) is 6.92 Å². The fraction of sp³-hybridized carbons (Fsp3) is 0.167. The van der Waals surface area contributed by atoms with Gasteiger partial charge in [0, 0.05) is 33.4 Å². The molecular formula is C18H17ClN2O3. The second kappa shape index (κ2) is 6.84. The average molecular weight is 345 g/mol. The van der Waals surface area contributed by atoms with Crippen LogP contribution in [0.4, 0.5) is 11.4 Å². The summed E-state index contributed by atoms with van der Waals surface area (Å²) < 4.78 is 10.3. The van der Waals surface area contributed by atoms with Crippen molar-refractivity contribution in [2.75, 3.05) is 19.0 Å². The van der Waals surface area contributed by atoms with E-state index in [-0.39, 0.29) is 0 Å². The molecule has 6 heteroatoms. The predicted molar refractivity (Wildman–Crippen MR) is 95.5 cm³/mol. The highest BCUT2D eigenvalue weighted by Crippen LogP contribution is 2.32. The van der Waals surface area contributed by atoms with Crippen molar-refractivity contribution in [3.8, 4) is 5.75 Å². The maximum Gasteiger partial charge on any atom is 0.354 e. The first kappa shape index (κ1) is 16.2. The van der Waals surface area contributed by atoms with Gasteiger partial charge in [0.05, 0.1) is 13.7 Å². The van der Waals surface area contributed by atoms with Crippen molar-refractivity contribution in [3.63, 3.8) is 0 Å². The molecule has 1 heterocycles. The minimum atomic E-state index is -0.392. The monoisotopic (exact) mass is 344 g/mol. The lowest BCUT2D eigenvalue weighted by Crippen LogP contribution is -2.04. The first-order chi connectivity index (χ1) is 11.6. The summed E-state index contributed by atoms with van der Waals surface area (Å²) in [4.78, 5) is 15.0. The SMILES string of the molecule is CCOC(=O)c1cc2c(Nc3cccc(OC)c3)cc(Cl)cc2[nH]1. The number of esters is 1. The third-order valence-electron chi connectivity index (χ3n) is 3.55. The minimum absolute atomic E-state index is 0.323. The molecule has 124 valence electrons. The number of ether oxygens (including phenoxy) is 2. The second-order valence-corrected chi connectivity index (χ2v) is 5.61. The molecule has 24 heavy (non-hydrogen) atoms. The van der Waals surface area contributed by atoms with E-state index in [1.165, 1.54) is 0 Å². The van der Waals surface area contributed by atoms with Crippen LogP contribution in [-0.4, -0.2) is 24.7 Å². The standard InChI is InChI=1S/C18H17ClN2O3/c1-3-24-18(22)17-10-14-15(7-11(19)8-16(14)21-17)20-12-5-4-6-13(9-12)23-2/h4-10,20-21H,3H2,1-2H3. The lowest BCUT2D eigenvalue weighted by molar-refractivity contribution is 0.0520. The Morgan fingerprint density at radius 3 is 2.83 bits per heavy atom. The van der Waals surface area contributed by atoms with E-state index in [0.717, 1.165) is 28.0 Å². The summed E-state index contributed by atoms with van der Waals surface area (Å²) in [6.07, 6.45) is 0. The van der Waals surface area contributed by atoms with Crippen molar-refractivity contribution < 1.29 is 14.3 Å². The van der Waals surface area contributed by atoms with Gasteiger partial charge in [-0.15, -0.1) is 0 Å². The molecule has 3 aromatic rings. The molecule has 0 radical (unpaired) electrons. The quantitative estimate of drug-likeness (QED) is 0.655. The highest BCUT2D eigenvalue weighted by atomic mass is 35.5. The third kappa shape index (κ3) is 3.31. The summed E-state index contributed by atoms with van der Waals surface area (Å²) in [5.41, 5.74) is 2.80. The third-order valence-corrected chi connectivity index (χ3v) is 3.77. The summed E-state index contributed by atoms with van der Waals surface area (Å²) in [6.45, 7) is 2.09. The number of carbonyl (C=O) groups is 1. The van der Waals surface area contributed by atoms with Crippen molar-refractivity contribution in [2.24, 2.45) is 0 Å². The summed E-state index contributed by atoms with van der Waals surface area (Å²) in [5, 5.41) is 4.72. The molecule has 2 N–H and O–H groups in total. The van der Waals surface area contributed by atoms with Gasteiger partial charge in [-0.2, -0.15) is 0 Å². The maximum absolute atomic E-state index is 11.9. The van der Waals surface area contributed by atoms with Crippen LogP contribution < -0.4 is 10.1 Å². The molecule has 0 atom stereocenters. The summed E-state index contributed by atoms with van der Waals surface area (Å²) in [5.74, 6) is 0.358. The van der Waals surface area contributed by atoms with Crippen LogP contribution in [0.5, 0.6) is 5.75 Å². The first-order valence-electron chi connectivity index (χ1n) is 7.51. The Bertz CT molecular complexity index is 889. The number of hydrogen-bond donors (Lipinski definition) is 2. The average Bonchev–Trinajstić information content (AvgIpc) is 2.99. The normalized spacial score (nSPS) is 10.6. The van der Waals surface area contributed by atoms with Crippen LogP contribution in [0.25, 0.3) is 10.9 Å². The topological polar surface area (TPSA) is 63.4 Å². The fourth-order valence-electron chi connectivity index (χ4n) is 2.48. The van der Waals surface area contributed by atoms with E-state index in [4.69, 9.17) is 21.1 Å². The Balaban J connectivity index is 2.01. The van der Waals surface area contributed by atoms with Crippen LogP contribution in [0, 0.1) is 0 Å². The van der Waals surface area contributed by atoms with Gasteiger partial charge in [-0.05, 0) is 37.3 Å². The molecule has 0 spiro atoms. The van der Waals surface area contributed by atoms with Crippen LogP contribution in [0.1, 0.15) is 17.4 Å². The Labute approximate surface area is 144 Å². The number of nitrogens with one attached hydrogen (secondary N) is 2. The minimum Gasteiger partial charge on any atom is -0.497 e. The summed E-state index contributed by atoms with van der Waals surface area (Å²) in [7, 11) is 1.62. The smallest absolute Gasteiger partial charge is 0.354 e. The summed E-state index contributed by atoms with van der Waals surface area (Å²) in [6, 6.07) is 12.9. The van der Waals surface area contributed by atoms with Gasteiger partial charge in [-0.3, -0.25) is 0 Å². The van der Waals surface area contributed by atoms with E-state index in [2.05, 4.69) is 10.3 Å². The number of anilines is 2. The zero-order valence-electron chi connectivity index (χ0n) is 13.4. The highest BCUT2D eigenvalue weighted by molar-refractivity contribution is 6.32. The largest absolute Gasteiger partial charge is 0.497 e. The molecule has 3 rings (SSSR count). The van der Waals surface area contributed by atoms with Gasteiger partial charge in [-0.25, -0.2) is 4.79 Å².